The fourth-order valence-electron chi connectivity index (χ4n) is 3.79. The Morgan fingerprint density at radius 2 is 1.81 bits per heavy atom. The first-order valence-corrected chi connectivity index (χ1v) is 13.3. The van der Waals surface area contributed by atoms with E-state index in [0.717, 1.165) is 34.0 Å². The third kappa shape index (κ3) is 7.23. The van der Waals surface area contributed by atoms with Gasteiger partial charge in [0, 0.05) is 17.2 Å². The maximum Gasteiger partial charge on any atom is 0.446 e. The second-order valence-corrected chi connectivity index (χ2v) is 10.1. The molecule has 0 bridgehead atoms. The first kappa shape index (κ1) is 26.9. The van der Waals surface area contributed by atoms with Gasteiger partial charge in [-0.3, -0.25) is 0 Å². The lowest BCUT2D eigenvalue weighted by Crippen LogP contribution is -2.05. The number of esters is 1. The number of rotatable bonds is 10. The second kappa shape index (κ2) is 12.0. The van der Waals surface area contributed by atoms with Crippen LogP contribution in [0.1, 0.15) is 28.4 Å². The quantitative estimate of drug-likeness (QED) is 0.153. The molecule has 0 saturated heterocycles. The van der Waals surface area contributed by atoms with E-state index in [1.165, 1.54) is 17.8 Å². The van der Waals surface area contributed by atoms with Gasteiger partial charge in [-0.2, -0.15) is 13.2 Å². The summed E-state index contributed by atoms with van der Waals surface area (Å²) in [4.78, 5) is 17.1. The van der Waals surface area contributed by atoms with Crippen molar-refractivity contribution in [1.82, 2.24) is 9.55 Å². The van der Waals surface area contributed by atoms with Gasteiger partial charge in [-0.05, 0) is 78.7 Å². The van der Waals surface area contributed by atoms with Gasteiger partial charge in [0.25, 0.3) is 0 Å². The molecule has 0 saturated carbocycles. The molecule has 4 rings (SSSR count). The number of ether oxygens (including phenoxy) is 2. The lowest BCUT2D eigenvalue weighted by atomic mass is 10.1. The Labute approximate surface area is 221 Å². The molecular weight excluding hydrogens is 521 g/mol. The summed E-state index contributed by atoms with van der Waals surface area (Å²) in [6.07, 6.45) is 0.736. The fraction of sp³-hybridized carbons (Fsp3) is 0.259. The van der Waals surface area contributed by atoms with Gasteiger partial charge in [-0.15, -0.1) is 0 Å². The Bertz CT molecular complexity index is 1370. The molecular formula is C27H25F3N2O3S2. The molecule has 3 aromatic carbocycles. The number of fused-ring (bicyclic) bond motifs is 1. The van der Waals surface area contributed by atoms with Crippen LogP contribution in [-0.4, -0.2) is 34.7 Å². The molecule has 5 nitrogen and oxygen atoms in total. The predicted molar refractivity (Wildman–Crippen MR) is 140 cm³/mol. The summed E-state index contributed by atoms with van der Waals surface area (Å²) < 4.78 is 50.8. The maximum absolute atomic E-state index is 12.8. The van der Waals surface area contributed by atoms with E-state index >= 15 is 0 Å². The molecule has 0 aliphatic rings. The Kier molecular flexibility index (Phi) is 8.71. The molecule has 1 aromatic heterocycles. The van der Waals surface area contributed by atoms with Gasteiger partial charge in [0.15, 0.2) is 5.16 Å². The van der Waals surface area contributed by atoms with Gasteiger partial charge in [0.2, 0.25) is 0 Å². The van der Waals surface area contributed by atoms with Crippen LogP contribution in [-0.2, 0) is 23.5 Å². The van der Waals surface area contributed by atoms with E-state index in [2.05, 4.69) is 4.57 Å². The highest BCUT2D eigenvalue weighted by atomic mass is 32.2. The zero-order valence-electron chi connectivity index (χ0n) is 20.2. The molecule has 0 aliphatic heterocycles. The number of halogens is 3. The van der Waals surface area contributed by atoms with Crippen molar-refractivity contribution >= 4 is 40.5 Å². The molecule has 0 aliphatic carbocycles. The highest BCUT2D eigenvalue weighted by molar-refractivity contribution is 8.00. The predicted octanol–water partition coefficient (Wildman–Crippen LogP) is 7.37. The summed E-state index contributed by atoms with van der Waals surface area (Å²) in [6, 6.07) is 19.6. The molecule has 0 unspecified atom stereocenters. The first-order chi connectivity index (χ1) is 17.8. The average Bonchev–Trinajstić information content (AvgIpc) is 3.22. The van der Waals surface area contributed by atoms with Gasteiger partial charge in [-0.1, -0.05) is 36.0 Å². The number of nitrogens with zero attached hydrogens (tertiary/aromatic N) is 2. The number of hydrogen-bond donors (Lipinski definition) is 0. The van der Waals surface area contributed by atoms with E-state index in [1.54, 1.807) is 44.4 Å². The number of methoxy groups -OCH3 is 1. The van der Waals surface area contributed by atoms with Gasteiger partial charge in [0.1, 0.15) is 5.75 Å². The van der Waals surface area contributed by atoms with E-state index in [-0.39, 0.29) is 23.3 Å². The Balaban J connectivity index is 1.60. The Morgan fingerprint density at radius 1 is 1.03 bits per heavy atom. The van der Waals surface area contributed by atoms with Crippen LogP contribution in [0.3, 0.4) is 0 Å². The molecule has 194 valence electrons. The monoisotopic (exact) mass is 546 g/mol. The van der Waals surface area contributed by atoms with Crippen molar-refractivity contribution < 1.29 is 27.4 Å². The van der Waals surface area contributed by atoms with E-state index in [1.807, 2.05) is 30.3 Å². The Hall–Kier alpha value is -3.11. The van der Waals surface area contributed by atoms with Crippen molar-refractivity contribution in [2.45, 2.75) is 41.2 Å². The van der Waals surface area contributed by atoms with Crippen LogP contribution in [0.2, 0.25) is 0 Å². The minimum absolute atomic E-state index is 0.123. The van der Waals surface area contributed by atoms with E-state index in [4.69, 9.17) is 14.5 Å². The summed E-state index contributed by atoms with van der Waals surface area (Å²) in [5.41, 5.74) is -0.506. The van der Waals surface area contributed by atoms with Gasteiger partial charge in [0.05, 0.1) is 30.3 Å². The van der Waals surface area contributed by atoms with E-state index in [0.29, 0.717) is 23.4 Å². The molecule has 0 spiro atoms. The van der Waals surface area contributed by atoms with Crippen molar-refractivity contribution in [2.75, 3.05) is 13.7 Å². The van der Waals surface area contributed by atoms with Crippen LogP contribution in [0.15, 0.2) is 76.8 Å². The van der Waals surface area contributed by atoms with Crippen molar-refractivity contribution in [3.8, 4) is 5.75 Å². The summed E-state index contributed by atoms with van der Waals surface area (Å²) in [7, 11) is 1.62. The van der Waals surface area contributed by atoms with Crippen molar-refractivity contribution in [3.05, 3.63) is 83.4 Å². The highest BCUT2D eigenvalue weighted by Gasteiger charge is 2.29. The van der Waals surface area contributed by atoms with Crippen LogP contribution in [0.4, 0.5) is 13.2 Å². The second-order valence-electron chi connectivity index (χ2n) is 8.05. The van der Waals surface area contributed by atoms with Gasteiger partial charge in [-0.25, -0.2) is 9.78 Å². The zero-order valence-corrected chi connectivity index (χ0v) is 21.9. The van der Waals surface area contributed by atoms with Crippen LogP contribution in [0.5, 0.6) is 5.75 Å². The molecule has 0 N–H and O–H groups in total. The summed E-state index contributed by atoms with van der Waals surface area (Å²) >= 11 is 1.32. The van der Waals surface area contributed by atoms with Gasteiger partial charge >= 0.3 is 11.5 Å². The molecule has 0 amide bonds. The molecule has 0 atom stereocenters. The molecule has 0 fully saturated rings. The minimum atomic E-state index is -4.34. The number of benzene rings is 3. The fourth-order valence-corrected chi connectivity index (χ4v) is 5.40. The lowest BCUT2D eigenvalue weighted by molar-refractivity contribution is -0.0328. The highest BCUT2D eigenvalue weighted by Crippen LogP contribution is 2.37. The van der Waals surface area contributed by atoms with Crippen LogP contribution >= 0.6 is 23.5 Å². The topological polar surface area (TPSA) is 53.3 Å². The smallest absolute Gasteiger partial charge is 0.446 e. The number of carbonyl (C=O) groups excluding carboxylic acids is 1. The van der Waals surface area contributed by atoms with Crippen LogP contribution < -0.4 is 4.74 Å². The average molecular weight is 547 g/mol. The number of alkyl halides is 3. The summed E-state index contributed by atoms with van der Waals surface area (Å²) in [5.74, 6) is 0.818. The lowest BCUT2D eigenvalue weighted by Gasteiger charge is -2.11. The molecule has 0 radical (unpaired) electrons. The summed E-state index contributed by atoms with van der Waals surface area (Å²) in [6.45, 7) is 2.66. The number of aromatic nitrogens is 2. The zero-order chi connectivity index (χ0) is 26.4. The number of carbonyl (C=O) groups is 1. The van der Waals surface area contributed by atoms with Crippen molar-refractivity contribution in [1.29, 1.82) is 0 Å². The normalized spacial score (nSPS) is 11.6. The minimum Gasteiger partial charge on any atom is -0.497 e. The molecule has 1 heterocycles. The third-order valence-electron chi connectivity index (χ3n) is 5.51. The largest absolute Gasteiger partial charge is 0.497 e. The number of aryl methyl sites for hydroxylation is 2. The maximum atomic E-state index is 12.8. The van der Waals surface area contributed by atoms with E-state index in [9.17, 15) is 18.0 Å². The van der Waals surface area contributed by atoms with Crippen LogP contribution in [0.25, 0.3) is 11.0 Å². The van der Waals surface area contributed by atoms with Gasteiger partial charge < -0.3 is 14.0 Å². The van der Waals surface area contributed by atoms with Crippen molar-refractivity contribution in [2.24, 2.45) is 0 Å². The Morgan fingerprint density at radius 3 is 2.51 bits per heavy atom. The summed E-state index contributed by atoms with van der Waals surface area (Å²) in [5, 5.41) is 0.721. The molecule has 37 heavy (non-hydrogen) atoms. The molecule has 10 heteroatoms. The SMILES string of the molecule is CCOC(=O)c1ccc2c(c1)nc(SCc1cccc(SC(F)(F)F)c1)n2CCc1ccc(OC)cc1. The van der Waals surface area contributed by atoms with Crippen molar-refractivity contribution in [3.63, 3.8) is 0 Å². The first-order valence-electron chi connectivity index (χ1n) is 11.5. The van der Waals surface area contributed by atoms with Crippen LogP contribution in [0, 0.1) is 0 Å². The third-order valence-corrected chi connectivity index (χ3v) is 7.28. The molecule has 4 aromatic rings. The van der Waals surface area contributed by atoms with E-state index < -0.39 is 11.5 Å². The number of hydrogen-bond acceptors (Lipinski definition) is 6. The standard InChI is InChI=1S/C27H25F3N2O3S2/c1-3-35-25(33)20-9-12-24-23(16-20)31-26(32(24)14-13-18-7-10-21(34-2)11-8-18)36-17-19-5-4-6-22(15-19)37-27(28,29)30/h4-12,15-16H,3,13-14,17H2,1-2H3. The number of imidazole rings is 1. The number of thioether (sulfide) groups is 2.